The number of alkyl halides is 6. The van der Waals surface area contributed by atoms with E-state index in [1.165, 1.54) is 93.5 Å². The molecule has 0 saturated heterocycles. The van der Waals surface area contributed by atoms with Gasteiger partial charge in [0.1, 0.15) is 38.9 Å². The van der Waals surface area contributed by atoms with E-state index >= 15 is 0 Å². The molecule has 132 heavy (non-hydrogen) atoms. The third-order valence-corrected chi connectivity index (χ3v) is 19.0. The van der Waals surface area contributed by atoms with Crippen LogP contribution < -0.4 is 52.1 Å². The van der Waals surface area contributed by atoms with E-state index in [2.05, 4.69) is 112 Å². The molecular weight excluding hydrogens is 2120 g/mol. The Morgan fingerprint density at radius 1 is 0.394 bits per heavy atom. The van der Waals surface area contributed by atoms with Gasteiger partial charge in [-0.1, -0.05) is 86.5 Å². The molecule has 10 aromatic carbocycles. The van der Waals surface area contributed by atoms with Crippen molar-refractivity contribution in [3.8, 4) is 81.4 Å². The second kappa shape index (κ2) is 53.4. The molecule has 0 atom stereocenters. The van der Waals surface area contributed by atoms with Crippen LogP contribution in [0.15, 0.2) is 206 Å². The second-order valence-corrected chi connectivity index (χ2v) is 26.9. The summed E-state index contributed by atoms with van der Waals surface area (Å²) in [7, 11) is 7.40. The predicted molar refractivity (Wildman–Crippen MR) is 446 cm³/mol. The molecule has 0 fully saturated rings. The van der Waals surface area contributed by atoms with Crippen molar-refractivity contribution in [3.63, 3.8) is 0 Å². The number of aryl methyl sites for hydroxylation is 7. The predicted octanol–water partition coefficient (Wildman–Crippen LogP) is 12.3. The summed E-state index contributed by atoms with van der Waals surface area (Å²) in [6.45, 7) is 12.8. The molecule has 5 aromatic heterocycles. The van der Waals surface area contributed by atoms with E-state index in [4.69, 9.17) is 48.3 Å². The van der Waals surface area contributed by atoms with E-state index < -0.39 is 47.9 Å². The molecule has 0 bridgehead atoms. The number of hydrogen-bond acceptors (Lipinski definition) is 20. The summed E-state index contributed by atoms with van der Waals surface area (Å²) < 4.78 is 132. The van der Waals surface area contributed by atoms with Crippen LogP contribution in [0.5, 0.6) is 28.7 Å². The summed E-state index contributed by atoms with van der Waals surface area (Å²) in [6, 6.07) is 61.4. The van der Waals surface area contributed by atoms with Gasteiger partial charge in [-0.25, -0.2) is 59.6 Å². The maximum Gasteiger partial charge on any atom is 0.368 e. The van der Waals surface area contributed by atoms with Gasteiger partial charge in [-0.2, -0.15) is 138 Å². The Morgan fingerprint density at radius 2 is 0.682 bits per heavy atom. The van der Waals surface area contributed by atoms with Gasteiger partial charge in [0.2, 0.25) is 19.3 Å². The van der Waals surface area contributed by atoms with Crippen molar-refractivity contribution in [2.75, 3.05) is 0 Å². The number of ether oxygens (including phenoxy) is 5. The molecule has 0 aliphatic heterocycles. The number of benzene rings is 10. The maximum absolute atomic E-state index is 14.3. The van der Waals surface area contributed by atoms with Gasteiger partial charge in [-0.3, -0.25) is 0 Å². The van der Waals surface area contributed by atoms with E-state index in [0.29, 0.717) is 72.6 Å². The molecule has 0 N–H and O–H groups in total. The van der Waals surface area contributed by atoms with E-state index in [-0.39, 0.29) is 247 Å². The van der Waals surface area contributed by atoms with Crippen molar-refractivity contribution in [2.45, 2.75) is 85.9 Å². The Bertz CT molecular complexity index is 6580. The van der Waals surface area contributed by atoms with Crippen molar-refractivity contribution in [2.24, 2.45) is 35.2 Å². The zero-order valence-electron chi connectivity index (χ0n) is 71.5. The average molecular weight is 2200 g/mol. The number of tetrazole rings is 5. The minimum absolute atomic E-state index is 0. The van der Waals surface area contributed by atoms with Crippen LogP contribution in [-0.2, 0) is 245 Å². The molecule has 665 valence electrons. The Labute approximate surface area is 880 Å². The fourth-order valence-corrected chi connectivity index (χ4v) is 12.3. The number of terminal acetylenes is 1. The smallest absolute Gasteiger partial charge is 0.368 e. The molecule has 44 heteroatoms. The van der Waals surface area contributed by atoms with E-state index in [1.54, 1.807) is 111 Å². The van der Waals surface area contributed by atoms with Crippen molar-refractivity contribution < 1.29 is 218 Å². The van der Waals surface area contributed by atoms with Crippen LogP contribution in [0.4, 0.5) is 36.4 Å². The number of aromatic nitrogens is 20. The van der Waals surface area contributed by atoms with Crippen molar-refractivity contribution >= 4 is 17.3 Å². The Hall–Kier alpha value is -10.5. The van der Waals surface area contributed by atoms with E-state index in [1.807, 2.05) is 25.1 Å². The van der Waals surface area contributed by atoms with Gasteiger partial charge in [0.15, 0.2) is 5.69 Å². The minimum Gasteiger partial charge on any atom is -0.515 e. The molecule has 5 heterocycles. The molecular formula is C88H72ClF7N21O10Y5-5. The van der Waals surface area contributed by atoms with Gasteiger partial charge in [0.05, 0.1) is 40.6 Å². The molecule has 0 aliphatic rings. The first kappa shape index (κ1) is 110. The second-order valence-electron chi connectivity index (χ2n) is 26.5. The van der Waals surface area contributed by atoms with Gasteiger partial charge in [-0.15, -0.1) is 53.8 Å². The summed E-state index contributed by atoms with van der Waals surface area (Å²) >= 11 is 6.32. The largest absolute Gasteiger partial charge is 0.515 e. The van der Waals surface area contributed by atoms with Gasteiger partial charge in [0, 0.05) is 266 Å². The molecule has 0 spiro atoms. The van der Waals surface area contributed by atoms with Crippen molar-refractivity contribution in [1.29, 1.82) is 0 Å². The van der Waals surface area contributed by atoms with Crippen LogP contribution in [0.3, 0.4) is 0 Å². The molecule has 31 nitrogen and oxygen atoms in total. The van der Waals surface area contributed by atoms with Gasteiger partial charge in [0.25, 0.3) is 0 Å². The zero-order chi connectivity index (χ0) is 91.0. The summed E-state index contributed by atoms with van der Waals surface area (Å²) in [5.41, 5.74) is 4.53. The average Bonchev–Trinajstić information content (AvgIpc) is 1.51. The standard InChI is InChI=1S/C19H15F2N4O2.C18H13F2N4O2.C17H16ClN4O2.C17H12F2N5O2.C17H16FN4O2.5Y/c1-3-7-13-8-6-10-16(25-19(26)24(2)22-23-25)15(13)12-27-17-11-5-4-9-14(17)18(20)21;1-3-12-7-6-9-15(24-18(25)23(2)21-22-24)14(12)11-26-16-10-5-4-8-13(16)17(19)20;1-3-12-7-4-5-10-16(12)24-11-13-14(18)8-6-9-15(13)22-17(23)21(2)19-20-22;1-20-13-7-5-8-14(24-17(25)23(2)21-22-24)12(13)10-26-15-9-4-3-6-11(15)16(18)19;1-3-12-7-4-5-10-16(12)24-11-13-14(18)8-6-9-15(13)22-17(23)21(2)19-20-22;;;;;/h5-6,8-11,18H,12H2,1-2H3;1,5-10,17H,11H2,2H3;5-10H,3,11H2,1-2H3;4-9,16H,10H2,2H3;5-10H,3,11H2,1-2H3;;;;;/q5*-1;;;;;. The van der Waals surface area contributed by atoms with E-state index in [0.717, 1.165) is 77.9 Å². The fraction of sp³-hybridized carbons (Fsp3) is 0.205. The van der Waals surface area contributed by atoms with Crippen LogP contribution in [0.2, 0.25) is 5.02 Å². The topological polar surface area (TPSA) is 314 Å². The first-order valence-electron chi connectivity index (χ1n) is 37.9. The number of halogens is 8. The maximum atomic E-state index is 14.3. The summed E-state index contributed by atoms with van der Waals surface area (Å²) in [5.74, 6) is 9.23. The molecule has 15 aromatic rings. The SMILES string of the molecule is C#Cc1cccc(-n2nnn(C)c2=O)c1COc1cc[c-]cc1C(F)F.CC#Cc1cccc(-n2nnn(C)c2=O)c1COc1cc[c-]cc1C(F)F.CCc1c[c-]ccc1OCc1c(Cl)cccc1-n1nnn(C)c1=O.CCc1c[c-]ccc1OCc1c(F)cccc1-n1nnn(C)c1=O.[C-]#[N+]c1cccc(-n2nnn(C)c2=O)c1COc1cc[c-]cc1C(F)F.[Y].[Y].[Y].[Y].[Y]. The van der Waals surface area contributed by atoms with Gasteiger partial charge < -0.3 is 23.7 Å². The number of hydrogen-bond donors (Lipinski definition) is 0. The molecule has 0 saturated carbocycles. The molecule has 0 unspecified atom stereocenters. The summed E-state index contributed by atoms with van der Waals surface area (Å²) in [5, 5.41) is 37.9. The summed E-state index contributed by atoms with van der Waals surface area (Å²) in [6.07, 6.45) is -0.967. The van der Waals surface area contributed by atoms with Crippen molar-refractivity contribution in [3.05, 3.63) is 354 Å². The van der Waals surface area contributed by atoms with Crippen LogP contribution in [0.1, 0.15) is 107 Å². The minimum atomic E-state index is -2.72. The number of rotatable bonds is 25. The quantitative estimate of drug-likeness (QED) is 0.0291. The Morgan fingerprint density at radius 3 is 1.02 bits per heavy atom. The molecule has 15 rings (SSSR count). The summed E-state index contributed by atoms with van der Waals surface area (Å²) in [4.78, 5) is 64.1. The van der Waals surface area contributed by atoms with Crippen molar-refractivity contribution in [1.82, 2.24) is 99.0 Å². The normalized spacial score (nSPS) is 10.3. The Kier molecular flexibility index (Phi) is 44.6. The number of nitrogens with zero attached hydrogens (tertiary/aromatic N) is 21. The Balaban J connectivity index is 0.000000252. The van der Waals surface area contributed by atoms with Crippen LogP contribution >= 0.6 is 11.6 Å². The third kappa shape index (κ3) is 27.4. The molecule has 5 radical (unpaired) electrons. The van der Waals surface area contributed by atoms with Gasteiger partial charge >= 0.3 is 28.4 Å². The molecule has 0 amide bonds. The van der Waals surface area contributed by atoms with E-state index in [9.17, 15) is 54.7 Å². The monoisotopic (exact) mass is 2200 g/mol. The van der Waals surface area contributed by atoms with Crippen LogP contribution in [0, 0.1) is 66.9 Å². The molecule has 0 aliphatic carbocycles. The first-order chi connectivity index (χ1) is 61.3. The van der Waals surface area contributed by atoms with Crippen LogP contribution in [-0.4, -0.2) is 99.0 Å². The fourth-order valence-electron chi connectivity index (χ4n) is 12.0. The third-order valence-electron chi connectivity index (χ3n) is 18.6. The first-order valence-corrected chi connectivity index (χ1v) is 38.3. The van der Waals surface area contributed by atoms with Gasteiger partial charge in [-0.05, 0) is 130 Å². The zero-order valence-corrected chi connectivity index (χ0v) is 86.4. The van der Waals surface area contributed by atoms with Crippen LogP contribution in [0.25, 0.3) is 33.3 Å².